The topological polar surface area (TPSA) is 79.8 Å². The highest BCUT2D eigenvalue weighted by molar-refractivity contribution is 7.22. The molecule has 0 aliphatic carbocycles. The van der Waals surface area contributed by atoms with Crippen LogP contribution in [0.25, 0.3) is 10.2 Å². The van der Waals surface area contributed by atoms with Crippen molar-refractivity contribution >= 4 is 38.5 Å². The van der Waals surface area contributed by atoms with Gasteiger partial charge in [0, 0.05) is 12.4 Å². The van der Waals surface area contributed by atoms with E-state index in [0.29, 0.717) is 10.9 Å². The highest BCUT2D eigenvalue weighted by Gasteiger charge is 2.08. The minimum atomic E-state index is -0.388. The lowest BCUT2D eigenvalue weighted by Gasteiger charge is -2.02. The monoisotopic (exact) mass is 285 g/mol. The Morgan fingerprint density at radius 1 is 1.25 bits per heavy atom. The molecule has 3 aromatic rings. The van der Waals surface area contributed by atoms with Crippen molar-refractivity contribution in [3.8, 4) is 0 Å². The molecule has 0 spiro atoms. The van der Waals surface area contributed by atoms with Crippen LogP contribution in [0.5, 0.6) is 0 Å². The molecule has 20 heavy (non-hydrogen) atoms. The number of amides is 2. The summed E-state index contributed by atoms with van der Waals surface area (Å²) in [4.78, 5) is 24.0. The van der Waals surface area contributed by atoms with E-state index in [1.54, 1.807) is 6.20 Å². The molecule has 100 valence electrons. The first-order valence-electron chi connectivity index (χ1n) is 5.92. The van der Waals surface area contributed by atoms with E-state index in [-0.39, 0.29) is 6.03 Å². The summed E-state index contributed by atoms with van der Waals surface area (Å²) in [6, 6.07) is 5.58. The van der Waals surface area contributed by atoms with Crippen LogP contribution in [-0.2, 0) is 0 Å². The van der Waals surface area contributed by atoms with Gasteiger partial charge in [-0.05, 0) is 24.6 Å². The van der Waals surface area contributed by atoms with Gasteiger partial charge in [0.1, 0.15) is 0 Å². The largest absolute Gasteiger partial charge is 0.326 e. The predicted octanol–water partition coefficient (Wildman–Crippen LogP) is 3.04. The molecule has 0 saturated carbocycles. The number of hydrogen-bond donors (Lipinski definition) is 2. The summed E-state index contributed by atoms with van der Waals surface area (Å²) in [5.41, 5.74) is 2.03. The molecule has 0 atom stereocenters. The van der Waals surface area contributed by atoms with Crippen molar-refractivity contribution in [3.05, 3.63) is 42.4 Å². The maximum Gasteiger partial charge on any atom is 0.326 e. The Morgan fingerprint density at radius 2 is 2.15 bits per heavy atom. The van der Waals surface area contributed by atoms with Crippen molar-refractivity contribution in [2.24, 2.45) is 0 Å². The molecular weight excluding hydrogens is 274 g/mol. The second-order valence-electron chi connectivity index (χ2n) is 4.16. The summed E-state index contributed by atoms with van der Waals surface area (Å²) >= 11 is 1.43. The fourth-order valence-corrected chi connectivity index (χ4v) is 2.65. The molecule has 0 fully saturated rings. The number of aromatic nitrogens is 3. The summed E-state index contributed by atoms with van der Waals surface area (Å²) in [5, 5.41) is 5.83. The summed E-state index contributed by atoms with van der Waals surface area (Å²) in [6.07, 6.45) is 4.52. The molecule has 0 radical (unpaired) electrons. The molecule has 1 aromatic carbocycles. The number of thiazole rings is 1. The van der Waals surface area contributed by atoms with Crippen molar-refractivity contribution in [3.63, 3.8) is 0 Å². The normalized spacial score (nSPS) is 10.4. The Morgan fingerprint density at radius 3 is 2.95 bits per heavy atom. The molecule has 7 heteroatoms. The second kappa shape index (κ2) is 5.22. The molecule has 2 heterocycles. The van der Waals surface area contributed by atoms with Crippen molar-refractivity contribution in [2.75, 3.05) is 10.6 Å². The summed E-state index contributed by atoms with van der Waals surface area (Å²) in [6.45, 7) is 2.02. The van der Waals surface area contributed by atoms with Gasteiger partial charge in [-0.15, -0.1) is 0 Å². The van der Waals surface area contributed by atoms with Crippen LogP contribution >= 0.6 is 11.3 Å². The molecule has 2 amide bonds. The van der Waals surface area contributed by atoms with Crippen molar-refractivity contribution in [2.45, 2.75) is 6.92 Å². The van der Waals surface area contributed by atoms with Gasteiger partial charge >= 0.3 is 6.03 Å². The molecular formula is C13H11N5OS. The highest BCUT2D eigenvalue weighted by atomic mass is 32.1. The number of anilines is 2. The van der Waals surface area contributed by atoms with E-state index in [4.69, 9.17) is 0 Å². The standard InChI is InChI=1S/C13H11N5OS/c1-8-2-3-9-10(6-8)20-13(16-9)18-12(19)17-11-7-14-4-5-15-11/h2-7H,1H3,(H2,15,16,17,18,19). The minimum Gasteiger partial charge on any atom is -0.291 e. The SMILES string of the molecule is Cc1ccc2nc(NC(=O)Nc3cnccn3)sc2c1. The fourth-order valence-electron chi connectivity index (χ4n) is 1.69. The Balaban J connectivity index is 1.74. The van der Waals surface area contributed by atoms with Gasteiger partial charge in [0.25, 0.3) is 0 Å². The van der Waals surface area contributed by atoms with Gasteiger partial charge in [0.05, 0.1) is 16.4 Å². The molecule has 0 aliphatic rings. The number of fused-ring (bicyclic) bond motifs is 1. The maximum absolute atomic E-state index is 11.8. The third kappa shape index (κ3) is 2.72. The molecule has 2 aromatic heterocycles. The Labute approximate surface area is 118 Å². The predicted molar refractivity (Wildman–Crippen MR) is 79.0 cm³/mol. The van der Waals surface area contributed by atoms with E-state index in [2.05, 4.69) is 25.6 Å². The lowest BCUT2D eigenvalue weighted by atomic mass is 10.2. The molecule has 0 aliphatic heterocycles. The molecule has 0 saturated heterocycles. The zero-order chi connectivity index (χ0) is 13.9. The number of hydrogen-bond acceptors (Lipinski definition) is 5. The quantitative estimate of drug-likeness (QED) is 0.758. The van der Waals surface area contributed by atoms with Crippen LogP contribution in [-0.4, -0.2) is 21.0 Å². The summed E-state index contributed by atoms with van der Waals surface area (Å²) in [5.74, 6) is 0.391. The van der Waals surface area contributed by atoms with Gasteiger partial charge in [-0.25, -0.2) is 14.8 Å². The van der Waals surface area contributed by atoms with E-state index >= 15 is 0 Å². The number of nitrogens with one attached hydrogen (secondary N) is 2. The minimum absolute atomic E-state index is 0.388. The zero-order valence-corrected chi connectivity index (χ0v) is 11.4. The number of rotatable bonds is 2. The maximum atomic E-state index is 11.8. The van der Waals surface area contributed by atoms with Crippen molar-refractivity contribution < 1.29 is 4.79 Å². The van der Waals surface area contributed by atoms with Crippen LogP contribution < -0.4 is 10.6 Å². The Bertz CT molecular complexity index is 756. The van der Waals surface area contributed by atoms with Crippen molar-refractivity contribution in [1.29, 1.82) is 0 Å². The number of carbonyl (C=O) groups excluding carboxylic acids is 1. The molecule has 2 N–H and O–H groups in total. The average molecular weight is 285 g/mol. The number of carbonyl (C=O) groups is 1. The lowest BCUT2D eigenvalue weighted by molar-refractivity contribution is 0.262. The van der Waals surface area contributed by atoms with Crippen LogP contribution in [0.2, 0.25) is 0 Å². The third-order valence-electron chi connectivity index (χ3n) is 2.57. The summed E-state index contributed by atoms with van der Waals surface area (Å²) < 4.78 is 1.04. The smallest absolute Gasteiger partial charge is 0.291 e. The molecule has 6 nitrogen and oxygen atoms in total. The average Bonchev–Trinajstić information content (AvgIpc) is 2.80. The first-order chi connectivity index (χ1) is 9.70. The van der Waals surface area contributed by atoms with Crippen molar-refractivity contribution in [1.82, 2.24) is 15.0 Å². The number of benzene rings is 1. The number of aryl methyl sites for hydroxylation is 1. The van der Waals surface area contributed by atoms with Gasteiger partial charge in [0.2, 0.25) is 0 Å². The van der Waals surface area contributed by atoms with Crippen LogP contribution in [0.15, 0.2) is 36.8 Å². The first kappa shape index (κ1) is 12.5. The third-order valence-corrected chi connectivity index (χ3v) is 3.50. The van der Waals surface area contributed by atoms with E-state index in [1.165, 1.54) is 23.7 Å². The van der Waals surface area contributed by atoms with Gasteiger partial charge < -0.3 is 0 Å². The summed E-state index contributed by atoms with van der Waals surface area (Å²) in [7, 11) is 0. The highest BCUT2D eigenvalue weighted by Crippen LogP contribution is 2.26. The van der Waals surface area contributed by atoms with Crippen LogP contribution in [0.4, 0.5) is 15.7 Å². The number of urea groups is 1. The second-order valence-corrected chi connectivity index (χ2v) is 5.19. The molecule has 0 bridgehead atoms. The number of nitrogens with zero attached hydrogens (tertiary/aromatic N) is 3. The van der Waals surface area contributed by atoms with E-state index in [1.807, 2.05) is 25.1 Å². The molecule has 3 rings (SSSR count). The first-order valence-corrected chi connectivity index (χ1v) is 6.73. The zero-order valence-electron chi connectivity index (χ0n) is 10.6. The van der Waals surface area contributed by atoms with Gasteiger partial charge in [-0.2, -0.15) is 0 Å². The molecule has 0 unspecified atom stereocenters. The van der Waals surface area contributed by atoms with Gasteiger partial charge in [0.15, 0.2) is 10.9 Å². The van der Waals surface area contributed by atoms with E-state index < -0.39 is 0 Å². The van der Waals surface area contributed by atoms with Gasteiger partial charge in [-0.3, -0.25) is 15.6 Å². The fraction of sp³-hybridized carbons (Fsp3) is 0.0769. The Kier molecular flexibility index (Phi) is 3.26. The van der Waals surface area contributed by atoms with Crippen LogP contribution in [0.3, 0.4) is 0 Å². The van der Waals surface area contributed by atoms with Crippen LogP contribution in [0, 0.1) is 6.92 Å². The van der Waals surface area contributed by atoms with Crippen LogP contribution in [0.1, 0.15) is 5.56 Å². The Hall–Kier alpha value is -2.54. The van der Waals surface area contributed by atoms with E-state index in [0.717, 1.165) is 15.8 Å². The van der Waals surface area contributed by atoms with E-state index in [9.17, 15) is 4.79 Å². The van der Waals surface area contributed by atoms with Gasteiger partial charge in [-0.1, -0.05) is 17.4 Å². The lowest BCUT2D eigenvalue weighted by Crippen LogP contribution is -2.19.